The fourth-order valence-corrected chi connectivity index (χ4v) is 2.35. The second-order valence-electron chi connectivity index (χ2n) is 4.82. The monoisotopic (exact) mass is 311 g/mol. The lowest BCUT2D eigenvalue weighted by Gasteiger charge is -2.20. The molecule has 1 aromatic carbocycles. The number of fused-ring (bicyclic) bond motifs is 1. The summed E-state index contributed by atoms with van der Waals surface area (Å²) in [5.74, 6) is -1.60. The van der Waals surface area contributed by atoms with Crippen LogP contribution in [0.2, 0.25) is 0 Å². The lowest BCUT2D eigenvalue weighted by Crippen LogP contribution is -2.32. The molecular formula is C16H13N3O4. The molecule has 0 aliphatic carbocycles. The van der Waals surface area contributed by atoms with Gasteiger partial charge >= 0.3 is 5.97 Å². The molecule has 0 aliphatic rings. The van der Waals surface area contributed by atoms with Crippen molar-refractivity contribution in [2.75, 3.05) is 0 Å². The van der Waals surface area contributed by atoms with Gasteiger partial charge < -0.3 is 15.6 Å². The van der Waals surface area contributed by atoms with Crippen LogP contribution in [0.1, 0.15) is 16.7 Å². The Bertz CT molecular complexity index is 873. The first-order valence-corrected chi connectivity index (χ1v) is 6.77. The van der Waals surface area contributed by atoms with Crippen molar-refractivity contribution in [1.82, 2.24) is 9.55 Å². The van der Waals surface area contributed by atoms with Crippen LogP contribution in [-0.4, -0.2) is 26.5 Å². The van der Waals surface area contributed by atoms with Gasteiger partial charge in [0.05, 0.1) is 11.7 Å². The minimum atomic E-state index is -1.30. The van der Waals surface area contributed by atoms with Crippen molar-refractivity contribution < 1.29 is 19.4 Å². The van der Waals surface area contributed by atoms with Crippen LogP contribution in [0.4, 0.5) is 0 Å². The number of benzene rings is 1. The van der Waals surface area contributed by atoms with Crippen LogP contribution < -0.4 is 10.5 Å². The van der Waals surface area contributed by atoms with E-state index in [1.54, 1.807) is 36.4 Å². The van der Waals surface area contributed by atoms with Crippen LogP contribution in [0.25, 0.3) is 10.9 Å². The molecule has 0 aliphatic heterocycles. The number of aromatic carboxylic acids is 1. The molecule has 3 N–H and O–H groups in total. The van der Waals surface area contributed by atoms with Crippen molar-refractivity contribution in [3.63, 3.8) is 0 Å². The van der Waals surface area contributed by atoms with Crippen molar-refractivity contribution in [2.24, 2.45) is 5.73 Å². The van der Waals surface area contributed by atoms with E-state index in [0.717, 1.165) is 0 Å². The maximum absolute atomic E-state index is 11.9. The average Bonchev–Trinajstić information content (AvgIpc) is 2.93. The Morgan fingerprint density at radius 3 is 2.61 bits per heavy atom. The molecule has 7 nitrogen and oxygen atoms in total. The number of rotatable bonds is 5. The lowest BCUT2D eigenvalue weighted by molar-refractivity contribution is -0.128. The maximum Gasteiger partial charge on any atom is 0.352 e. The third kappa shape index (κ3) is 2.71. The average molecular weight is 311 g/mol. The Hall–Kier alpha value is -3.35. The number of pyridine rings is 1. The second kappa shape index (κ2) is 5.80. The van der Waals surface area contributed by atoms with Gasteiger partial charge in [-0.2, -0.15) is 0 Å². The smallest absolute Gasteiger partial charge is 0.352 e. The Kier molecular flexibility index (Phi) is 3.68. The van der Waals surface area contributed by atoms with Crippen LogP contribution in [0.15, 0.2) is 54.9 Å². The number of ether oxygens (including phenoxy) is 1. The number of hydrogen-bond donors (Lipinski definition) is 2. The van der Waals surface area contributed by atoms with E-state index < -0.39 is 18.1 Å². The Balaban J connectivity index is 2.16. The predicted molar refractivity (Wildman–Crippen MR) is 82.0 cm³/mol. The number of nitrogens with two attached hydrogens (primary N) is 1. The number of carboxylic acids is 1. The van der Waals surface area contributed by atoms with E-state index >= 15 is 0 Å². The first kappa shape index (κ1) is 14.6. The molecule has 116 valence electrons. The lowest BCUT2D eigenvalue weighted by atomic mass is 10.3. The molecule has 1 atom stereocenters. The number of carboxylic acid groups (broad SMARTS) is 1. The third-order valence-corrected chi connectivity index (χ3v) is 3.33. The topological polar surface area (TPSA) is 107 Å². The summed E-state index contributed by atoms with van der Waals surface area (Å²) in [5, 5.41) is 10.0. The van der Waals surface area contributed by atoms with Crippen molar-refractivity contribution in [3.8, 4) is 5.75 Å². The van der Waals surface area contributed by atoms with Crippen LogP contribution in [0, 0.1) is 0 Å². The third-order valence-electron chi connectivity index (χ3n) is 3.33. The Labute approximate surface area is 130 Å². The Morgan fingerprint density at radius 1 is 1.22 bits per heavy atom. The van der Waals surface area contributed by atoms with Gasteiger partial charge in [0.25, 0.3) is 12.1 Å². The van der Waals surface area contributed by atoms with Gasteiger partial charge in [0.1, 0.15) is 11.4 Å². The number of carbonyl (C=O) groups is 2. The highest BCUT2D eigenvalue weighted by Gasteiger charge is 2.27. The Morgan fingerprint density at radius 2 is 1.96 bits per heavy atom. The molecule has 3 aromatic rings. The van der Waals surface area contributed by atoms with Gasteiger partial charge in [-0.05, 0) is 24.3 Å². The molecule has 0 spiro atoms. The molecule has 2 heterocycles. The summed E-state index contributed by atoms with van der Waals surface area (Å²) in [6.07, 6.45) is 1.70. The molecule has 0 bridgehead atoms. The number of para-hydroxylation sites is 1. The van der Waals surface area contributed by atoms with Crippen molar-refractivity contribution in [3.05, 3.63) is 60.6 Å². The molecule has 0 radical (unpaired) electrons. The van der Waals surface area contributed by atoms with E-state index in [9.17, 15) is 14.7 Å². The number of hydrogen-bond acceptors (Lipinski definition) is 4. The van der Waals surface area contributed by atoms with Crippen molar-refractivity contribution in [2.45, 2.75) is 6.23 Å². The summed E-state index contributed by atoms with van der Waals surface area (Å²) in [7, 11) is 0. The number of primary amides is 1. The van der Waals surface area contributed by atoms with Crippen LogP contribution in [0.5, 0.6) is 5.75 Å². The first-order chi connectivity index (χ1) is 11.1. The van der Waals surface area contributed by atoms with E-state index in [1.165, 1.54) is 23.0 Å². The molecule has 7 heteroatoms. The largest absolute Gasteiger partial charge is 0.477 e. The molecule has 3 rings (SSSR count). The second-order valence-corrected chi connectivity index (χ2v) is 4.82. The van der Waals surface area contributed by atoms with Gasteiger partial charge in [-0.1, -0.05) is 18.2 Å². The number of nitrogens with zero attached hydrogens (tertiary/aromatic N) is 2. The summed E-state index contributed by atoms with van der Waals surface area (Å²) < 4.78 is 6.85. The molecule has 0 saturated heterocycles. The van der Waals surface area contributed by atoms with E-state index in [1.807, 2.05) is 0 Å². The highest BCUT2D eigenvalue weighted by atomic mass is 16.5. The summed E-state index contributed by atoms with van der Waals surface area (Å²) in [5.41, 5.74) is 5.78. The van der Waals surface area contributed by atoms with E-state index in [2.05, 4.69) is 4.98 Å². The van der Waals surface area contributed by atoms with Gasteiger partial charge in [0, 0.05) is 11.6 Å². The van der Waals surface area contributed by atoms with Gasteiger partial charge in [0.15, 0.2) is 0 Å². The first-order valence-electron chi connectivity index (χ1n) is 6.77. The zero-order valence-corrected chi connectivity index (χ0v) is 11.9. The SMILES string of the molecule is NC(=O)C(Oc1ccccc1)n1c(C(=O)O)cc2ccncc21. The summed E-state index contributed by atoms with van der Waals surface area (Å²) in [6.45, 7) is 0. The summed E-state index contributed by atoms with van der Waals surface area (Å²) in [4.78, 5) is 27.4. The molecule has 1 amide bonds. The minimum Gasteiger partial charge on any atom is -0.477 e. The molecule has 0 fully saturated rings. The summed E-state index contributed by atoms with van der Waals surface area (Å²) in [6, 6.07) is 11.7. The van der Waals surface area contributed by atoms with Crippen LogP contribution in [0.3, 0.4) is 0 Å². The quantitative estimate of drug-likeness (QED) is 0.747. The number of carbonyl (C=O) groups excluding carboxylic acids is 1. The minimum absolute atomic E-state index is 0.104. The van der Waals surface area contributed by atoms with E-state index in [4.69, 9.17) is 10.5 Å². The number of amides is 1. The van der Waals surface area contributed by atoms with Gasteiger partial charge in [-0.25, -0.2) is 4.79 Å². The fraction of sp³-hybridized carbons (Fsp3) is 0.0625. The molecular weight excluding hydrogens is 298 g/mol. The predicted octanol–water partition coefficient (Wildman–Crippen LogP) is 1.80. The van der Waals surface area contributed by atoms with Gasteiger partial charge in [-0.3, -0.25) is 14.3 Å². The molecule has 1 unspecified atom stereocenters. The van der Waals surface area contributed by atoms with Crippen molar-refractivity contribution in [1.29, 1.82) is 0 Å². The normalized spacial score (nSPS) is 12.0. The van der Waals surface area contributed by atoms with Crippen LogP contribution >= 0.6 is 0 Å². The standard InChI is InChI=1S/C16H13N3O4/c17-14(20)15(23-11-4-2-1-3-5-11)19-12(16(21)22)8-10-6-7-18-9-13(10)19/h1-9,15H,(H2,17,20)(H,21,22). The molecule has 2 aromatic heterocycles. The summed E-state index contributed by atoms with van der Waals surface area (Å²) >= 11 is 0. The van der Waals surface area contributed by atoms with Gasteiger partial charge in [-0.15, -0.1) is 0 Å². The fourth-order valence-electron chi connectivity index (χ4n) is 2.35. The highest BCUT2D eigenvalue weighted by Crippen LogP contribution is 2.26. The molecule has 23 heavy (non-hydrogen) atoms. The van der Waals surface area contributed by atoms with E-state index in [0.29, 0.717) is 16.7 Å². The number of aromatic nitrogens is 2. The maximum atomic E-state index is 11.9. The van der Waals surface area contributed by atoms with E-state index in [-0.39, 0.29) is 5.69 Å². The molecule has 0 saturated carbocycles. The zero-order chi connectivity index (χ0) is 16.4. The van der Waals surface area contributed by atoms with Crippen molar-refractivity contribution >= 4 is 22.8 Å². The van der Waals surface area contributed by atoms with Gasteiger partial charge in [0.2, 0.25) is 0 Å². The highest BCUT2D eigenvalue weighted by molar-refractivity contribution is 5.96. The van der Waals surface area contributed by atoms with Crippen LogP contribution in [-0.2, 0) is 4.79 Å². The zero-order valence-electron chi connectivity index (χ0n) is 11.9.